The maximum absolute atomic E-state index is 12.8. The van der Waals surface area contributed by atoms with Crippen molar-refractivity contribution in [1.29, 1.82) is 0 Å². The number of halogens is 1. The van der Waals surface area contributed by atoms with Crippen LogP contribution < -0.4 is 5.73 Å². The summed E-state index contributed by atoms with van der Waals surface area (Å²) in [6, 6.07) is 16.3. The molecule has 0 aromatic heterocycles. The molecule has 0 bridgehead atoms. The summed E-state index contributed by atoms with van der Waals surface area (Å²) < 4.78 is 28.0. The number of rotatable bonds is 7. The molecule has 0 amide bonds. The fraction of sp³-hybridized carbons (Fsp3) is 0.250. The first-order valence-electron chi connectivity index (χ1n) is 7.04. The molecule has 2 aromatic rings. The smallest absolute Gasteiger partial charge is 0.243 e. The molecule has 2 N–H and O–H groups in total. The Labute approximate surface area is 140 Å². The van der Waals surface area contributed by atoms with E-state index in [0.717, 1.165) is 10.0 Å². The monoisotopic (exact) mass is 382 g/mol. The zero-order valence-electron chi connectivity index (χ0n) is 12.2. The van der Waals surface area contributed by atoms with Crippen LogP contribution in [-0.4, -0.2) is 25.8 Å². The van der Waals surface area contributed by atoms with Gasteiger partial charge in [-0.15, -0.1) is 0 Å². The van der Waals surface area contributed by atoms with Gasteiger partial charge in [-0.05, 0) is 42.8 Å². The van der Waals surface area contributed by atoms with Gasteiger partial charge in [0.1, 0.15) is 0 Å². The first kappa shape index (κ1) is 17.1. The Bertz CT molecular complexity index is 688. The highest BCUT2D eigenvalue weighted by molar-refractivity contribution is 9.10. The fourth-order valence-electron chi connectivity index (χ4n) is 2.09. The standard InChI is InChI=1S/C16H19BrN2O2S/c17-15-7-9-16(10-8-15)22(20,21)19(12-4-11-18)13-14-5-2-1-3-6-14/h1-3,5-10H,4,11-13,18H2. The molecule has 118 valence electrons. The van der Waals surface area contributed by atoms with E-state index in [1.165, 1.54) is 4.31 Å². The van der Waals surface area contributed by atoms with Crippen LogP contribution in [0.15, 0.2) is 64.0 Å². The van der Waals surface area contributed by atoms with Crippen LogP contribution >= 0.6 is 15.9 Å². The van der Waals surface area contributed by atoms with E-state index in [1.54, 1.807) is 24.3 Å². The average molecular weight is 383 g/mol. The van der Waals surface area contributed by atoms with Crippen molar-refractivity contribution >= 4 is 26.0 Å². The molecule has 6 heteroatoms. The lowest BCUT2D eigenvalue weighted by Gasteiger charge is -2.22. The van der Waals surface area contributed by atoms with Crippen LogP contribution in [0.5, 0.6) is 0 Å². The molecule has 0 heterocycles. The van der Waals surface area contributed by atoms with Crippen molar-refractivity contribution in [2.24, 2.45) is 5.73 Å². The van der Waals surface area contributed by atoms with Crippen LogP contribution in [0.25, 0.3) is 0 Å². The van der Waals surface area contributed by atoms with Crippen molar-refractivity contribution in [2.45, 2.75) is 17.9 Å². The molecule has 0 saturated heterocycles. The summed E-state index contributed by atoms with van der Waals surface area (Å²) in [4.78, 5) is 0.295. The van der Waals surface area contributed by atoms with Gasteiger partial charge in [-0.1, -0.05) is 46.3 Å². The van der Waals surface area contributed by atoms with Crippen molar-refractivity contribution in [1.82, 2.24) is 4.31 Å². The summed E-state index contributed by atoms with van der Waals surface area (Å²) in [6.45, 7) is 1.21. The Hall–Kier alpha value is -1.21. The van der Waals surface area contributed by atoms with E-state index in [1.807, 2.05) is 30.3 Å². The number of nitrogens with zero attached hydrogens (tertiary/aromatic N) is 1. The van der Waals surface area contributed by atoms with Gasteiger partial charge < -0.3 is 5.73 Å². The maximum atomic E-state index is 12.8. The molecule has 0 atom stereocenters. The molecule has 0 unspecified atom stereocenters. The average Bonchev–Trinajstić information content (AvgIpc) is 2.52. The van der Waals surface area contributed by atoms with Crippen LogP contribution in [0.4, 0.5) is 0 Å². The molecule has 0 spiro atoms. The Kier molecular flexibility index (Phi) is 6.14. The van der Waals surface area contributed by atoms with Crippen LogP contribution in [0.2, 0.25) is 0 Å². The predicted molar refractivity (Wildman–Crippen MR) is 91.9 cm³/mol. The topological polar surface area (TPSA) is 63.4 Å². The minimum atomic E-state index is -3.53. The lowest BCUT2D eigenvalue weighted by atomic mass is 10.2. The number of sulfonamides is 1. The normalized spacial score (nSPS) is 11.8. The summed E-state index contributed by atoms with van der Waals surface area (Å²) in [5.74, 6) is 0. The second-order valence-corrected chi connectivity index (χ2v) is 7.77. The van der Waals surface area contributed by atoms with Crippen molar-refractivity contribution in [3.05, 3.63) is 64.6 Å². The van der Waals surface area contributed by atoms with Gasteiger partial charge in [0.05, 0.1) is 4.90 Å². The van der Waals surface area contributed by atoms with Gasteiger partial charge in [-0.25, -0.2) is 8.42 Å². The van der Waals surface area contributed by atoms with E-state index in [2.05, 4.69) is 15.9 Å². The Morgan fingerprint density at radius 3 is 2.23 bits per heavy atom. The number of hydrogen-bond acceptors (Lipinski definition) is 3. The molecule has 0 aliphatic rings. The SMILES string of the molecule is NCCCN(Cc1ccccc1)S(=O)(=O)c1ccc(Br)cc1. The van der Waals surface area contributed by atoms with Crippen LogP contribution in [0.3, 0.4) is 0 Å². The van der Waals surface area contributed by atoms with Crippen LogP contribution in [0, 0.1) is 0 Å². The highest BCUT2D eigenvalue weighted by Crippen LogP contribution is 2.21. The third-order valence-electron chi connectivity index (χ3n) is 3.26. The van der Waals surface area contributed by atoms with Crippen LogP contribution in [0.1, 0.15) is 12.0 Å². The van der Waals surface area contributed by atoms with Crippen molar-refractivity contribution < 1.29 is 8.42 Å². The van der Waals surface area contributed by atoms with E-state index < -0.39 is 10.0 Å². The molecule has 0 fully saturated rings. The second kappa shape index (κ2) is 7.87. The van der Waals surface area contributed by atoms with Crippen molar-refractivity contribution in [2.75, 3.05) is 13.1 Å². The molecule has 0 radical (unpaired) electrons. The summed E-state index contributed by atoms with van der Waals surface area (Å²) in [5.41, 5.74) is 6.50. The minimum Gasteiger partial charge on any atom is -0.330 e. The highest BCUT2D eigenvalue weighted by Gasteiger charge is 2.24. The molecule has 2 aromatic carbocycles. The molecule has 22 heavy (non-hydrogen) atoms. The quantitative estimate of drug-likeness (QED) is 0.800. The lowest BCUT2D eigenvalue weighted by Crippen LogP contribution is -2.32. The van der Waals surface area contributed by atoms with Crippen molar-refractivity contribution in [3.63, 3.8) is 0 Å². The summed E-state index contributed by atoms with van der Waals surface area (Å²) in [5, 5.41) is 0. The van der Waals surface area contributed by atoms with Crippen LogP contribution in [-0.2, 0) is 16.6 Å². The molecular formula is C16H19BrN2O2S. The van der Waals surface area contributed by atoms with Gasteiger partial charge in [0.2, 0.25) is 10.0 Å². The minimum absolute atomic E-state index is 0.295. The first-order chi connectivity index (χ1) is 10.5. The fourth-order valence-corrected chi connectivity index (χ4v) is 3.83. The van der Waals surface area contributed by atoms with Gasteiger partial charge in [0.15, 0.2) is 0 Å². The Morgan fingerprint density at radius 2 is 1.64 bits per heavy atom. The molecule has 0 aliphatic heterocycles. The maximum Gasteiger partial charge on any atom is 0.243 e. The molecule has 4 nitrogen and oxygen atoms in total. The summed E-state index contributed by atoms with van der Waals surface area (Å²) in [6.07, 6.45) is 0.628. The lowest BCUT2D eigenvalue weighted by molar-refractivity contribution is 0.402. The van der Waals surface area contributed by atoms with Crippen molar-refractivity contribution in [3.8, 4) is 0 Å². The summed E-state index contributed by atoms with van der Waals surface area (Å²) >= 11 is 3.32. The first-order valence-corrected chi connectivity index (χ1v) is 9.27. The zero-order valence-corrected chi connectivity index (χ0v) is 14.6. The number of hydrogen-bond donors (Lipinski definition) is 1. The van der Waals surface area contributed by atoms with E-state index in [9.17, 15) is 8.42 Å². The largest absolute Gasteiger partial charge is 0.330 e. The Morgan fingerprint density at radius 1 is 1.00 bits per heavy atom. The van der Waals surface area contributed by atoms with Gasteiger partial charge in [-0.2, -0.15) is 4.31 Å². The van der Waals surface area contributed by atoms with E-state index >= 15 is 0 Å². The third-order valence-corrected chi connectivity index (χ3v) is 5.65. The van der Waals surface area contributed by atoms with E-state index in [0.29, 0.717) is 31.0 Å². The van der Waals surface area contributed by atoms with Gasteiger partial charge in [0, 0.05) is 17.6 Å². The Balaban J connectivity index is 2.28. The van der Waals surface area contributed by atoms with Gasteiger partial charge >= 0.3 is 0 Å². The molecular weight excluding hydrogens is 364 g/mol. The van der Waals surface area contributed by atoms with E-state index in [-0.39, 0.29) is 0 Å². The second-order valence-electron chi connectivity index (χ2n) is 4.92. The zero-order chi connectivity index (χ0) is 16.0. The van der Waals surface area contributed by atoms with Gasteiger partial charge in [-0.3, -0.25) is 0 Å². The molecule has 0 aliphatic carbocycles. The third kappa shape index (κ3) is 4.39. The predicted octanol–water partition coefficient (Wildman–Crippen LogP) is 2.99. The molecule has 0 saturated carbocycles. The molecule has 2 rings (SSSR count). The number of nitrogens with two attached hydrogens (primary N) is 1. The number of benzene rings is 2. The highest BCUT2D eigenvalue weighted by atomic mass is 79.9. The van der Waals surface area contributed by atoms with E-state index in [4.69, 9.17) is 5.73 Å². The summed E-state index contributed by atoms with van der Waals surface area (Å²) in [7, 11) is -3.53. The van der Waals surface area contributed by atoms with Gasteiger partial charge in [0.25, 0.3) is 0 Å².